The maximum absolute atomic E-state index is 6.32. The van der Waals surface area contributed by atoms with E-state index in [1.807, 2.05) is 36.4 Å². The molecule has 8 heteroatoms. The Morgan fingerprint density at radius 3 is 2.47 bits per heavy atom. The number of benzene rings is 2. The van der Waals surface area contributed by atoms with Crippen molar-refractivity contribution in [3.05, 3.63) is 65.4 Å². The molecule has 0 saturated carbocycles. The topological polar surface area (TPSA) is 59.3 Å². The van der Waals surface area contributed by atoms with Gasteiger partial charge in [0.2, 0.25) is 0 Å². The van der Waals surface area contributed by atoms with Crippen LogP contribution in [0.4, 0.5) is 5.69 Å². The van der Waals surface area contributed by atoms with Gasteiger partial charge in [-0.15, -0.1) is 10.2 Å². The van der Waals surface area contributed by atoms with Gasteiger partial charge in [-0.25, -0.2) is 0 Å². The van der Waals surface area contributed by atoms with Crippen molar-refractivity contribution in [2.75, 3.05) is 44.2 Å². The molecule has 1 aliphatic rings. The highest BCUT2D eigenvalue weighted by Crippen LogP contribution is 2.26. The summed E-state index contributed by atoms with van der Waals surface area (Å²) in [5, 5.41) is 12.4. The molecule has 0 bridgehead atoms. The molecule has 1 fully saturated rings. The van der Waals surface area contributed by atoms with E-state index in [-0.39, 0.29) is 0 Å². The Morgan fingerprint density at radius 2 is 1.73 bits per heavy atom. The van der Waals surface area contributed by atoms with Gasteiger partial charge in [0.1, 0.15) is 5.75 Å². The van der Waals surface area contributed by atoms with E-state index in [9.17, 15) is 0 Å². The smallest absolute Gasteiger partial charge is 0.162 e. The molecule has 7 nitrogen and oxygen atoms in total. The Morgan fingerprint density at radius 1 is 0.933 bits per heavy atom. The normalized spacial score (nSPS) is 14.8. The van der Waals surface area contributed by atoms with Crippen molar-refractivity contribution in [2.24, 2.45) is 0 Å². The lowest BCUT2D eigenvalue weighted by molar-refractivity contribution is 0.238. The van der Waals surface area contributed by atoms with Gasteiger partial charge in [0, 0.05) is 26.2 Å². The number of ether oxygens (including phenoxy) is 1. The minimum absolute atomic E-state index is 0.615. The summed E-state index contributed by atoms with van der Waals surface area (Å²) in [6.07, 6.45) is 3.63. The van der Waals surface area contributed by atoms with E-state index >= 15 is 0 Å². The van der Waals surface area contributed by atoms with Gasteiger partial charge in [0.15, 0.2) is 6.33 Å². The quantitative estimate of drug-likeness (QED) is 0.489. The van der Waals surface area contributed by atoms with Gasteiger partial charge in [0.05, 0.1) is 23.9 Å². The number of unbranched alkanes of at least 4 members (excludes halogenated alkanes) is 1. The van der Waals surface area contributed by atoms with E-state index in [0.29, 0.717) is 6.54 Å². The fourth-order valence-electron chi connectivity index (χ4n) is 3.66. The van der Waals surface area contributed by atoms with Crippen LogP contribution < -0.4 is 9.64 Å². The first kappa shape index (κ1) is 20.6. The Kier molecular flexibility index (Phi) is 7.16. The predicted octanol–water partition coefficient (Wildman–Crippen LogP) is 3.36. The first-order chi connectivity index (χ1) is 14.8. The molecule has 1 aliphatic heterocycles. The molecular formula is C22H27ClN6O. The summed E-state index contributed by atoms with van der Waals surface area (Å²) in [6.45, 7) is 6.67. The fourth-order valence-corrected chi connectivity index (χ4v) is 3.92. The number of anilines is 1. The molecule has 0 atom stereocenters. The molecule has 0 radical (unpaired) electrons. The Labute approximate surface area is 182 Å². The molecule has 0 N–H and O–H groups in total. The molecule has 0 spiro atoms. The summed E-state index contributed by atoms with van der Waals surface area (Å²) < 4.78 is 5.88. The van der Waals surface area contributed by atoms with Crippen LogP contribution in [0.5, 0.6) is 5.75 Å². The van der Waals surface area contributed by atoms with Gasteiger partial charge in [-0.3, -0.25) is 4.90 Å². The zero-order valence-electron chi connectivity index (χ0n) is 17.0. The molecule has 2 aromatic carbocycles. The SMILES string of the molecule is Clc1ccccc1N1CCN(CCCCOc2ccc(Cn3ncnn3)cc2)CC1. The monoisotopic (exact) mass is 426 g/mol. The van der Waals surface area contributed by atoms with Crippen LogP contribution in [-0.4, -0.2) is 64.4 Å². The first-order valence-corrected chi connectivity index (χ1v) is 10.8. The molecule has 3 aromatic rings. The second-order valence-electron chi connectivity index (χ2n) is 7.45. The van der Waals surface area contributed by atoms with E-state index in [1.54, 1.807) is 4.80 Å². The largest absolute Gasteiger partial charge is 0.494 e. The maximum atomic E-state index is 6.32. The van der Waals surface area contributed by atoms with Crippen LogP contribution in [0.25, 0.3) is 0 Å². The molecule has 1 aromatic heterocycles. The summed E-state index contributed by atoms with van der Waals surface area (Å²) in [6, 6.07) is 16.2. The highest BCUT2D eigenvalue weighted by atomic mass is 35.5. The maximum Gasteiger partial charge on any atom is 0.162 e. The average molecular weight is 427 g/mol. The van der Waals surface area contributed by atoms with Crippen LogP contribution in [0.1, 0.15) is 18.4 Å². The second kappa shape index (κ2) is 10.4. The Hall–Kier alpha value is -2.64. The van der Waals surface area contributed by atoms with Crippen molar-refractivity contribution in [3.63, 3.8) is 0 Å². The van der Waals surface area contributed by atoms with E-state index in [4.69, 9.17) is 16.3 Å². The van der Waals surface area contributed by atoms with Crippen LogP contribution in [0.3, 0.4) is 0 Å². The summed E-state index contributed by atoms with van der Waals surface area (Å²) in [4.78, 5) is 6.47. The van der Waals surface area contributed by atoms with Gasteiger partial charge < -0.3 is 9.64 Å². The minimum Gasteiger partial charge on any atom is -0.494 e. The van der Waals surface area contributed by atoms with Crippen LogP contribution >= 0.6 is 11.6 Å². The third kappa shape index (κ3) is 5.70. The van der Waals surface area contributed by atoms with Crippen molar-refractivity contribution in [3.8, 4) is 5.75 Å². The lowest BCUT2D eigenvalue weighted by Crippen LogP contribution is -2.46. The molecule has 0 unspecified atom stereocenters. The molecule has 0 amide bonds. The van der Waals surface area contributed by atoms with Crippen LogP contribution in [0.2, 0.25) is 5.02 Å². The Balaban J connectivity index is 1.11. The van der Waals surface area contributed by atoms with Gasteiger partial charge in [-0.1, -0.05) is 35.9 Å². The van der Waals surface area contributed by atoms with Crippen molar-refractivity contribution in [1.29, 1.82) is 0 Å². The third-order valence-electron chi connectivity index (χ3n) is 5.34. The lowest BCUT2D eigenvalue weighted by atomic mass is 10.2. The minimum atomic E-state index is 0.615. The number of nitrogens with zero attached hydrogens (tertiary/aromatic N) is 6. The summed E-state index contributed by atoms with van der Waals surface area (Å²) >= 11 is 6.32. The number of rotatable bonds is 9. The van der Waals surface area contributed by atoms with E-state index in [2.05, 4.69) is 37.3 Å². The van der Waals surface area contributed by atoms with Gasteiger partial charge in [0.25, 0.3) is 0 Å². The molecule has 30 heavy (non-hydrogen) atoms. The average Bonchev–Trinajstić information content (AvgIpc) is 3.29. The number of hydrogen-bond donors (Lipinski definition) is 0. The fraction of sp³-hybridized carbons (Fsp3) is 0.409. The lowest BCUT2D eigenvalue weighted by Gasteiger charge is -2.36. The van der Waals surface area contributed by atoms with Gasteiger partial charge in [-0.2, -0.15) is 4.80 Å². The van der Waals surface area contributed by atoms with Gasteiger partial charge >= 0.3 is 0 Å². The van der Waals surface area contributed by atoms with E-state index in [1.165, 1.54) is 6.33 Å². The molecule has 0 aliphatic carbocycles. The van der Waals surface area contributed by atoms with E-state index < -0.39 is 0 Å². The highest BCUT2D eigenvalue weighted by molar-refractivity contribution is 6.33. The number of halogens is 1. The summed E-state index contributed by atoms with van der Waals surface area (Å²) in [5.74, 6) is 0.902. The predicted molar refractivity (Wildman–Crippen MR) is 118 cm³/mol. The number of para-hydroxylation sites is 1. The highest BCUT2D eigenvalue weighted by Gasteiger charge is 2.18. The summed E-state index contributed by atoms with van der Waals surface area (Å²) in [7, 11) is 0. The third-order valence-corrected chi connectivity index (χ3v) is 5.66. The van der Waals surface area contributed by atoms with Crippen molar-refractivity contribution in [2.45, 2.75) is 19.4 Å². The molecule has 158 valence electrons. The molecular weight excluding hydrogens is 400 g/mol. The number of aromatic nitrogens is 4. The van der Waals surface area contributed by atoms with Gasteiger partial charge in [-0.05, 0) is 54.4 Å². The number of piperazine rings is 1. The van der Waals surface area contributed by atoms with Crippen molar-refractivity contribution >= 4 is 17.3 Å². The number of tetrazole rings is 1. The van der Waals surface area contributed by atoms with Crippen LogP contribution in [-0.2, 0) is 6.54 Å². The molecule has 1 saturated heterocycles. The van der Waals surface area contributed by atoms with Crippen molar-refractivity contribution < 1.29 is 4.74 Å². The molecule has 2 heterocycles. The number of hydrogen-bond acceptors (Lipinski definition) is 6. The second-order valence-corrected chi connectivity index (χ2v) is 7.85. The van der Waals surface area contributed by atoms with Crippen molar-refractivity contribution in [1.82, 2.24) is 25.1 Å². The molecule has 4 rings (SSSR count). The van der Waals surface area contributed by atoms with Crippen LogP contribution in [0.15, 0.2) is 54.9 Å². The summed E-state index contributed by atoms with van der Waals surface area (Å²) in [5.41, 5.74) is 2.27. The zero-order valence-corrected chi connectivity index (χ0v) is 17.8. The van der Waals surface area contributed by atoms with Crippen LogP contribution in [0, 0.1) is 0 Å². The Bertz CT molecular complexity index is 894. The zero-order chi connectivity index (χ0) is 20.6. The standard InChI is InChI=1S/C22H27ClN6O/c23-21-5-1-2-6-22(21)28-14-12-27(13-15-28)11-3-4-16-30-20-9-7-19(8-10-20)17-29-25-18-24-26-29/h1-2,5-10,18H,3-4,11-17H2. The first-order valence-electron chi connectivity index (χ1n) is 10.4. The van der Waals surface area contributed by atoms with E-state index in [0.717, 1.165) is 74.2 Å².